The number of halogens is 4. The predicted octanol–water partition coefficient (Wildman–Crippen LogP) is 6.09. The number of nitrogens with one attached hydrogen (secondary N) is 4. The standard InChI is InChI=1S/C25H22ClF3N4O3/c1-3-36-25(23(35)31-19-10-6-9-18(26)14(19)2)32-20-12-11-15(13-21(20)33-25)30-22(34)16-7-4-5-8-17(16)24(27,28)29/h4-13,32-33H,3H2,1-2H3,(H,30,34)(H,31,35). The largest absolute Gasteiger partial charge is 0.417 e. The summed E-state index contributed by atoms with van der Waals surface area (Å²) in [7, 11) is 0. The Bertz CT molecular complexity index is 1330. The number of amides is 2. The summed E-state index contributed by atoms with van der Waals surface area (Å²) in [5.74, 6) is -3.13. The highest BCUT2D eigenvalue weighted by molar-refractivity contribution is 6.31. The lowest BCUT2D eigenvalue weighted by atomic mass is 10.1. The molecule has 0 spiro atoms. The van der Waals surface area contributed by atoms with Gasteiger partial charge >= 0.3 is 6.18 Å². The fourth-order valence-electron chi connectivity index (χ4n) is 3.79. The first-order chi connectivity index (χ1) is 17.0. The van der Waals surface area contributed by atoms with Gasteiger partial charge in [-0.05, 0) is 61.9 Å². The maximum Gasteiger partial charge on any atom is 0.417 e. The van der Waals surface area contributed by atoms with Gasteiger partial charge in [-0.15, -0.1) is 0 Å². The van der Waals surface area contributed by atoms with E-state index < -0.39 is 35.0 Å². The van der Waals surface area contributed by atoms with Gasteiger partial charge in [0, 0.05) is 23.0 Å². The molecule has 0 saturated heterocycles. The number of alkyl halides is 3. The van der Waals surface area contributed by atoms with Crippen LogP contribution in [0.15, 0.2) is 60.7 Å². The molecule has 0 radical (unpaired) electrons. The Morgan fingerprint density at radius 3 is 2.44 bits per heavy atom. The van der Waals surface area contributed by atoms with Crippen molar-refractivity contribution in [2.45, 2.75) is 25.9 Å². The summed E-state index contributed by atoms with van der Waals surface area (Å²) in [5.41, 5.74) is 0.770. The number of ether oxygens (including phenoxy) is 1. The molecule has 1 aliphatic rings. The van der Waals surface area contributed by atoms with Gasteiger partial charge in [0.15, 0.2) is 0 Å². The van der Waals surface area contributed by atoms with Gasteiger partial charge < -0.3 is 26.0 Å². The van der Waals surface area contributed by atoms with E-state index in [2.05, 4.69) is 21.3 Å². The molecule has 0 fully saturated rings. The summed E-state index contributed by atoms with van der Waals surface area (Å²) < 4.78 is 45.7. The van der Waals surface area contributed by atoms with E-state index in [-0.39, 0.29) is 12.3 Å². The summed E-state index contributed by atoms with van der Waals surface area (Å²) in [5, 5.41) is 11.7. The SMILES string of the molecule is CCOC1(C(=O)Nc2cccc(Cl)c2C)Nc2ccc(NC(=O)c3ccccc3C(F)(F)F)cc2N1. The second kappa shape index (κ2) is 9.71. The third kappa shape index (κ3) is 4.95. The molecule has 2 amide bonds. The first-order valence-corrected chi connectivity index (χ1v) is 11.3. The summed E-state index contributed by atoms with van der Waals surface area (Å²) in [4.78, 5) is 25.9. The van der Waals surface area contributed by atoms with E-state index in [1.807, 2.05) is 0 Å². The quantitative estimate of drug-likeness (QED) is 0.317. The molecule has 1 aliphatic heterocycles. The Labute approximate surface area is 210 Å². The molecule has 11 heteroatoms. The van der Waals surface area contributed by atoms with Crippen LogP contribution in [0.3, 0.4) is 0 Å². The van der Waals surface area contributed by atoms with Crippen LogP contribution >= 0.6 is 11.6 Å². The summed E-state index contributed by atoms with van der Waals surface area (Å²) in [6.07, 6.45) is -4.68. The van der Waals surface area contributed by atoms with Crippen LogP contribution in [-0.4, -0.2) is 24.3 Å². The van der Waals surface area contributed by atoms with Gasteiger partial charge in [0.05, 0.1) is 22.5 Å². The van der Waals surface area contributed by atoms with E-state index in [1.165, 1.54) is 24.3 Å². The molecule has 1 heterocycles. The minimum absolute atomic E-state index is 0.174. The molecule has 1 unspecified atom stereocenters. The van der Waals surface area contributed by atoms with Gasteiger partial charge in [0.2, 0.25) is 0 Å². The second-order valence-electron chi connectivity index (χ2n) is 7.99. The van der Waals surface area contributed by atoms with Gasteiger partial charge in [-0.3, -0.25) is 9.59 Å². The lowest BCUT2D eigenvalue weighted by Gasteiger charge is -2.29. The van der Waals surface area contributed by atoms with E-state index in [4.69, 9.17) is 16.3 Å². The van der Waals surface area contributed by atoms with Crippen molar-refractivity contribution in [3.8, 4) is 0 Å². The number of fused-ring (bicyclic) bond motifs is 1. The molecule has 0 aromatic heterocycles. The number of anilines is 4. The van der Waals surface area contributed by atoms with Crippen molar-refractivity contribution in [2.75, 3.05) is 27.9 Å². The normalized spacial score (nSPS) is 16.5. The molecule has 0 aliphatic carbocycles. The monoisotopic (exact) mass is 518 g/mol. The van der Waals surface area contributed by atoms with Gasteiger partial charge in [-0.1, -0.05) is 29.8 Å². The van der Waals surface area contributed by atoms with Crippen LogP contribution in [-0.2, 0) is 15.7 Å². The fourth-order valence-corrected chi connectivity index (χ4v) is 3.97. The van der Waals surface area contributed by atoms with Gasteiger partial charge in [-0.2, -0.15) is 13.2 Å². The highest BCUT2D eigenvalue weighted by Gasteiger charge is 2.45. The van der Waals surface area contributed by atoms with Crippen molar-refractivity contribution in [3.05, 3.63) is 82.4 Å². The van der Waals surface area contributed by atoms with Crippen LogP contribution < -0.4 is 21.3 Å². The Kier molecular flexibility index (Phi) is 6.83. The molecule has 0 bridgehead atoms. The minimum atomic E-state index is -4.68. The summed E-state index contributed by atoms with van der Waals surface area (Å²) >= 11 is 6.15. The average molecular weight is 519 g/mol. The number of hydrogen-bond donors (Lipinski definition) is 4. The molecule has 0 saturated carbocycles. The van der Waals surface area contributed by atoms with Crippen molar-refractivity contribution in [3.63, 3.8) is 0 Å². The Hall–Kier alpha value is -3.76. The number of benzene rings is 3. The topological polar surface area (TPSA) is 91.5 Å². The van der Waals surface area contributed by atoms with Gasteiger partial charge in [0.25, 0.3) is 17.7 Å². The van der Waals surface area contributed by atoms with Gasteiger partial charge in [-0.25, -0.2) is 0 Å². The van der Waals surface area contributed by atoms with E-state index >= 15 is 0 Å². The fraction of sp³-hybridized carbons (Fsp3) is 0.200. The van der Waals surface area contributed by atoms with Crippen LogP contribution in [0.1, 0.15) is 28.4 Å². The maximum absolute atomic E-state index is 13.3. The molecular formula is C25H22ClF3N4O3. The smallest absolute Gasteiger partial charge is 0.331 e. The summed E-state index contributed by atoms with van der Waals surface area (Å²) in [6, 6.07) is 14.2. The molecule has 4 N–H and O–H groups in total. The number of rotatable bonds is 6. The number of hydrogen-bond acceptors (Lipinski definition) is 5. The molecule has 4 rings (SSSR count). The van der Waals surface area contributed by atoms with E-state index in [1.54, 1.807) is 38.1 Å². The van der Waals surface area contributed by atoms with Crippen molar-refractivity contribution in [1.82, 2.24) is 0 Å². The van der Waals surface area contributed by atoms with Crippen molar-refractivity contribution in [2.24, 2.45) is 0 Å². The van der Waals surface area contributed by atoms with E-state index in [9.17, 15) is 22.8 Å². The average Bonchev–Trinajstić information content (AvgIpc) is 3.20. The predicted molar refractivity (Wildman–Crippen MR) is 132 cm³/mol. The van der Waals surface area contributed by atoms with E-state index in [0.29, 0.717) is 27.6 Å². The van der Waals surface area contributed by atoms with Crippen LogP contribution in [0.25, 0.3) is 0 Å². The Balaban J connectivity index is 1.56. The van der Waals surface area contributed by atoms with E-state index in [0.717, 1.165) is 12.1 Å². The van der Waals surface area contributed by atoms with Crippen LogP contribution in [0, 0.1) is 6.92 Å². The minimum Gasteiger partial charge on any atom is -0.331 e. The lowest BCUT2D eigenvalue weighted by Crippen LogP contribution is -2.55. The van der Waals surface area contributed by atoms with Crippen molar-refractivity contribution in [1.29, 1.82) is 0 Å². The molecule has 1 atom stereocenters. The van der Waals surface area contributed by atoms with Crippen LogP contribution in [0.4, 0.5) is 35.9 Å². The third-order valence-corrected chi connectivity index (χ3v) is 5.98. The molecule has 3 aromatic rings. The molecule has 188 valence electrons. The van der Waals surface area contributed by atoms with Gasteiger partial charge in [0.1, 0.15) is 0 Å². The Morgan fingerprint density at radius 1 is 1.00 bits per heavy atom. The first kappa shape index (κ1) is 25.3. The summed E-state index contributed by atoms with van der Waals surface area (Å²) in [6.45, 7) is 3.66. The zero-order chi connectivity index (χ0) is 26.1. The molecule has 7 nitrogen and oxygen atoms in total. The van der Waals surface area contributed by atoms with Crippen LogP contribution in [0.5, 0.6) is 0 Å². The molecule has 36 heavy (non-hydrogen) atoms. The third-order valence-electron chi connectivity index (χ3n) is 5.57. The highest BCUT2D eigenvalue weighted by Crippen LogP contribution is 2.38. The maximum atomic E-state index is 13.3. The van der Waals surface area contributed by atoms with Crippen LogP contribution in [0.2, 0.25) is 5.02 Å². The van der Waals surface area contributed by atoms with Crippen molar-refractivity contribution < 1.29 is 27.5 Å². The highest BCUT2D eigenvalue weighted by atomic mass is 35.5. The van der Waals surface area contributed by atoms with Crippen molar-refractivity contribution >= 4 is 46.2 Å². The lowest BCUT2D eigenvalue weighted by molar-refractivity contribution is -0.138. The molecular weight excluding hydrogens is 497 g/mol. The number of carbonyl (C=O) groups is 2. The Morgan fingerprint density at radius 2 is 1.72 bits per heavy atom. The second-order valence-corrected chi connectivity index (χ2v) is 8.40. The first-order valence-electron chi connectivity index (χ1n) is 10.9. The number of carbonyl (C=O) groups excluding carboxylic acids is 2. The molecule has 3 aromatic carbocycles. The zero-order valence-corrected chi connectivity index (χ0v) is 20.0. The zero-order valence-electron chi connectivity index (χ0n) is 19.2.